The van der Waals surface area contributed by atoms with Crippen molar-refractivity contribution in [3.63, 3.8) is 0 Å². The maximum Gasteiger partial charge on any atom is 0.125 e. The highest BCUT2D eigenvalue weighted by Crippen LogP contribution is 2.26. The monoisotopic (exact) mass is 287 g/mol. The minimum Gasteiger partial charge on any atom is -0.387 e. The summed E-state index contributed by atoms with van der Waals surface area (Å²) in [6.45, 7) is 4.36. The molecule has 0 spiro atoms. The Kier molecular flexibility index (Phi) is 6.79. The Hall–Kier alpha value is -0.620. The second kappa shape index (κ2) is 7.85. The molecular formula is C14H22FNO2S. The lowest BCUT2D eigenvalue weighted by Crippen LogP contribution is -2.50. The molecule has 3 N–H and O–H groups in total. The van der Waals surface area contributed by atoms with E-state index in [9.17, 15) is 9.50 Å². The Morgan fingerprint density at radius 3 is 2.89 bits per heavy atom. The van der Waals surface area contributed by atoms with Crippen molar-refractivity contribution in [3.8, 4) is 0 Å². The first kappa shape index (κ1) is 16.4. The van der Waals surface area contributed by atoms with Crippen molar-refractivity contribution in [3.05, 3.63) is 35.7 Å². The molecule has 1 unspecified atom stereocenters. The Balaban J connectivity index is 2.66. The fraction of sp³-hybridized carbons (Fsp3) is 0.571. The van der Waals surface area contributed by atoms with E-state index < -0.39 is 11.6 Å². The van der Waals surface area contributed by atoms with Crippen molar-refractivity contribution >= 4 is 12.0 Å². The number of allylic oxidation sites excluding steroid dienone is 5. The molecule has 0 amide bonds. The topological polar surface area (TPSA) is 52.5 Å². The molecule has 0 heterocycles. The van der Waals surface area contributed by atoms with E-state index in [1.165, 1.54) is 6.08 Å². The predicted octanol–water partition coefficient (Wildman–Crippen LogP) is 3.05. The van der Waals surface area contributed by atoms with Crippen molar-refractivity contribution < 1.29 is 14.0 Å². The average molecular weight is 287 g/mol. The molecular weight excluding hydrogens is 265 g/mol. The summed E-state index contributed by atoms with van der Waals surface area (Å²) < 4.78 is 22.5. The number of aliphatic hydroxyl groups excluding tert-OH is 1. The van der Waals surface area contributed by atoms with E-state index in [-0.39, 0.29) is 5.83 Å². The fourth-order valence-electron chi connectivity index (χ4n) is 1.94. The molecule has 19 heavy (non-hydrogen) atoms. The van der Waals surface area contributed by atoms with E-state index in [1.54, 1.807) is 12.2 Å². The Morgan fingerprint density at radius 2 is 2.21 bits per heavy atom. The van der Waals surface area contributed by atoms with E-state index in [4.69, 9.17) is 4.55 Å². The number of hydrogen-bond donors (Lipinski definition) is 3. The first-order chi connectivity index (χ1) is 8.99. The zero-order chi connectivity index (χ0) is 14.3. The molecule has 1 atom stereocenters. The van der Waals surface area contributed by atoms with Gasteiger partial charge in [0.2, 0.25) is 0 Å². The third-order valence-electron chi connectivity index (χ3n) is 3.14. The molecule has 0 aromatic rings. The summed E-state index contributed by atoms with van der Waals surface area (Å²) in [6, 6.07) is 0. The summed E-state index contributed by atoms with van der Waals surface area (Å²) >= 11 is 0.802. The summed E-state index contributed by atoms with van der Waals surface area (Å²) in [5.74, 6) is 0.278. The van der Waals surface area contributed by atoms with E-state index >= 15 is 0 Å². The lowest BCUT2D eigenvalue weighted by atomic mass is 9.89. The molecule has 108 valence electrons. The van der Waals surface area contributed by atoms with Gasteiger partial charge in [-0.15, -0.1) is 0 Å². The number of halogens is 1. The maximum atomic E-state index is 13.9. The van der Waals surface area contributed by atoms with Gasteiger partial charge in [0.1, 0.15) is 5.83 Å². The van der Waals surface area contributed by atoms with Crippen LogP contribution in [0.2, 0.25) is 0 Å². The molecule has 5 heteroatoms. The van der Waals surface area contributed by atoms with Crippen molar-refractivity contribution in [2.75, 3.05) is 12.3 Å². The van der Waals surface area contributed by atoms with Crippen LogP contribution in [0.1, 0.15) is 26.7 Å². The molecule has 0 saturated carbocycles. The first-order valence-electron chi connectivity index (χ1n) is 6.40. The number of aliphatic hydroxyl groups is 1. The fourth-order valence-corrected chi connectivity index (χ4v) is 2.21. The highest BCUT2D eigenvalue weighted by Gasteiger charge is 2.31. The van der Waals surface area contributed by atoms with Crippen LogP contribution < -0.4 is 5.32 Å². The number of rotatable bonds is 7. The van der Waals surface area contributed by atoms with Crippen LogP contribution in [0.25, 0.3) is 0 Å². The average Bonchev–Trinajstić information content (AvgIpc) is 2.58. The van der Waals surface area contributed by atoms with Crippen molar-refractivity contribution in [2.45, 2.75) is 38.3 Å². The molecule has 1 aliphatic carbocycles. The molecule has 0 aliphatic heterocycles. The summed E-state index contributed by atoms with van der Waals surface area (Å²) in [5.41, 5.74) is -0.210. The van der Waals surface area contributed by atoms with Gasteiger partial charge in [-0.05, 0) is 56.9 Å². The smallest absolute Gasteiger partial charge is 0.125 e. The van der Waals surface area contributed by atoms with Crippen LogP contribution in [0, 0.1) is 0 Å². The second-order valence-electron chi connectivity index (χ2n) is 5.10. The molecule has 0 radical (unpaired) electrons. The van der Waals surface area contributed by atoms with Gasteiger partial charge in [0, 0.05) is 11.3 Å². The molecule has 0 aromatic carbocycles. The van der Waals surface area contributed by atoms with Crippen LogP contribution in [-0.2, 0) is 0 Å². The van der Waals surface area contributed by atoms with Gasteiger partial charge in [-0.1, -0.05) is 18.2 Å². The zero-order valence-electron chi connectivity index (χ0n) is 11.4. The van der Waals surface area contributed by atoms with Crippen LogP contribution in [0.3, 0.4) is 0 Å². The quantitative estimate of drug-likeness (QED) is 0.497. The standard InChI is InChI=1S/C14H22FNO2S/c1-14(2,16-9-6-10-19-18)13(17)11-7-4-3-5-8-12(11)15/h3-5,8,13,16-18H,6-7,9-10H2,1-2H3. The minimum absolute atomic E-state index is 0.363. The highest BCUT2D eigenvalue weighted by molar-refractivity contribution is 7.93. The summed E-state index contributed by atoms with van der Waals surface area (Å²) in [6.07, 6.45) is 6.94. The van der Waals surface area contributed by atoms with Gasteiger partial charge in [-0.2, -0.15) is 0 Å². The molecule has 0 fully saturated rings. The van der Waals surface area contributed by atoms with Gasteiger partial charge in [-0.3, -0.25) is 0 Å². The van der Waals surface area contributed by atoms with E-state index in [2.05, 4.69) is 5.32 Å². The van der Waals surface area contributed by atoms with Crippen LogP contribution in [-0.4, -0.2) is 33.6 Å². The zero-order valence-corrected chi connectivity index (χ0v) is 12.2. The lowest BCUT2D eigenvalue weighted by Gasteiger charge is -2.33. The molecule has 0 aromatic heterocycles. The van der Waals surface area contributed by atoms with Gasteiger partial charge in [0.05, 0.1) is 6.10 Å². The molecule has 0 saturated heterocycles. The normalized spacial score (nSPS) is 17.7. The molecule has 1 rings (SSSR count). The van der Waals surface area contributed by atoms with Crippen LogP contribution in [0.5, 0.6) is 0 Å². The highest BCUT2D eigenvalue weighted by atomic mass is 32.2. The summed E-state index contributed by atoms with van der Waals surface area (Å²) in [5, 5.41) is 13.6. The predicted molar refractivity (Wildman–Crippen MR) is 78.8 cm³/mol. The molecule has 3 nitrogen and oxygen atoms in total. The van der Waals surface area contributed by atoms with Crippen molar-refractivity contribution in [1.82, 2.24) is 5.32 Å². The number of hydrogen-bond acceptors (Lipinski definition) is 4. The number of nitrogens with one attached hydrogen (secondary N) is 1. The second-order valence-corrected chi connectivity index (χ2v) is 5.77. The lowest BCUT2D eigenvalue weighted by molar-refractivity contribution is 0.107. The SMILES string of the molecule is CC(C)(NCCCSO)C(O)C1=C(F)C=CC=CC1. The van der Waals surface area contributed by atoms with E-state index in [0.717, 1.165) is 18.5 Å². The van der Waals surface area contributed by atoms with Crippen LogP contribution in [0.15, 0.2) is 35.7 Å². The third kappa shape index (κ3) is 5.10. The Bertz CT molecular complexity index is 378. The van der Waals surface area contributed by atoms with Gasteiger partial charge in [0.25, 0.3) is 0 Å². The summed E-state index contributed by atoms with van der Waals surface area (Å²) in [4.78, 5) is 0. The minimum atomic E-state index is -0.887. The molecule has 1 aliphatic rings. The van der Waals surface area contributed by atoms with E-state index in [0.29, 0.717) is 24.3 Å². The van der Waals surface area contributed by atoms with E-state index in [1.807, 2.05) is 19.9 Å². The largest absolute Gasteiger partial charge is 0.387 e. The van der Waals surface area contributed by atoms with Gasteiger partial charge >= 0.3 is 0 Å². The van der Waals surface area contributed by atoms with Crippen molar-refractivity contribution in [2.24, 2.45) is 0 Å². The maximum absolute atomic E-state index is 13.9. The Morgan fingerprint density at radius 1 is 1.47 bits per heavy atom. The third-order valence-corrected chi connectivity index (χ3v) is 3.61. The van der Waals surface area contributed by atoms with Gasteiger partial charge in [0.15, 0.2) is 0 Å². The van der Waals surface area contributed by atoms with Crippen LogP contribution in [0.4, 0.5) is 4.39 Å². The van der Waals surface area contributed by atoms with Gasteiger partial charge in [-0.25, -0.2) is 4.39 Å². The first-order valence-corrected chi connectivity index (χ1v) is 7.34. The Labute approximate surface area is 118 Å². The van der Waals surface area contributed by atoms with Gasteiger partial charge < -0.3 is 15.0 Å². The summed E-state index contributed by atoms with van der Waals surface area (Å²) in [7, 11) is 0. The van der Waals surface area contributed by atoms with Crippen molar-refractivity contribution in [1.29, 1.82) is 0 Å². The van der Waals surface area contributed by atoms with Crippen LogP contribution >= 0.6 is 12.0 Å². The molecule has 0 bridgehead atoms.